The van der Waals surface area contributed by atoms with E-state index < -0.39 is 8.07 Å². The first-order chi connectivity index (χ1) is 7.77. The molecular weight excluding hydrogens is 314 g/mol. The topological polar surface area (TPSA) is 39.4 Å². The molecule has 0 aliphatic heterocycles. The molecule has 0 saturated heterocycles. The van der Waals surface area contributed by atoms with Crippen LogP contribution in [0.1, 0.15) is 5.56 Å². The van der Waals surface area contributed by atoms with Crippen LogP contribution in [-0.4, -0.2) is 33.4 Å². The van der Waals surface area contributed by atoms with Gasteiger partial charge in [-0.25, -0.2) is 4.99 Å². The molecule has 0 saturated carbocycles. The lowest BCUT2D eigenvalue weighted by atomic mass is 10.3. The summed E-state index contributed by atoms with van der Waals surface area (Å²) in [6, 6.07) is 2.30. The number of nitrogens with zero attached hydrogens (tertiary/aromatic N) is 3. The van der Waals surface area contributed by atoms with Gasteiger partial charge in [0.25, 0.3) is 0 Å². The van der Waals surface area contributed by atoms with Gasteiger partial charge in [-0.2, -0.15) is 5.26 Å². The van der Waals surface area contributed by atoms with Crippen molar-refractivity contribution in [1.29, 1.82) is 5.26 Å². The van der Waals surface area contributed by atoms with E-state index >= 15 is 0 Å². The Labute approximate surface area is 116 Å². The summed E-state index contributed by atoms with van der Waals surface area (Å²) in [5.41, 5.74) is 0.735. The van der Waals surface area contributed by atoms with E-state index in [0.717, 1.165) is 14.4 Å². The van der Waals surface area contributed by atoms with Gasteiger partial charge in [0.2, 0.25) is 0 Å². The summed E-state index contributed by atoms with van der Waals surface area (Å²) in [6.45, 7) is 6.71. The zero-order valence-electron chi connectivity index (χ0n) is 10.7. The van der Waals surface area contributed by atoms with Crippen LogP contribution in [0.5, 0.6) is 0 Å². The Morgan fingerprint density at radius 2 is 2.00 bits per heavy atom. The maximum absolute atomic E-state index is 9.31. The van der Waals surface area contributed by atoms with Crippen molar-refractivity contribution in [3.05, 3.63) is 9.35 Å². The second-order valence-corrected chi connectivity index (χ2v) is 12.3. The standard InChI is InChI=1S/C11H16BrN3SSi/c1-15(2)7-14-11-8(6-13)9(10(12)16-11)17(3,4)5/h7H,1-5H3. The van der Waals surface area contributed by atoms with Crippen LogP contribution < -0.4 is 5.19 Å². The molecule has 0 radical (unpaired) electrons. The van der Waals surface area contributed by atoms with E-state index in [0.29, 0.717) is 0 Å². The van der Waals surface area contributed by atoms with Gasteiger partial charge in [-0.3, -0.25) is 0 Å². The molecule has 1 rings (SSSR count). The van der Waals surface area contributed by atoms with Crippen molar-refractivity contribution < 1.29 is 0 Å². The molecule has 1 heterocycles. The molecule has 0 spiro atoms. The van der Waals surface area contributed by atoms with Crippen LogP contribution in [0.4, 0.5) is 5.00 Å². The van der Waals surface area contributed by atoms with E-state index in [9.17, 15) is 5.26 Å². The lowest BCUT2D eigenvalue weighted by Gasteiger charge is -2.15. The normalized spacial score (nSPS) is 11.8. The lowest BCUT2D eigenvalue weighted by Crippen LogP contribution is -2.39. The number of thiophene rings is 1. The fraction of sp³-hybridized carbons (Fsp3) is 0.455. The molecule has 3 nitrogen and oxygen atoms in total. The summed E-state index contributed by atoms with van der Waals surface area (Å²) in [6.07, 6.45) is 1.73. The molecule has 0 atom stereocenters. The largest absolute Gasteiger partial charge is 0.369 e. The molecule has 0 fully saturated rings. The Hall–Kier alpha value is -0.643. The van der Waals surface area contributed by atoms with Crippen LogP contribution in [0.25, 0.3) is 0 Å². The first-order valence-corrected chi connectivity index (χ1v) is 10.3. The van der Waals surface area contributed by atoms with E-state index in [1.165, 1.54) is 16.5 Å². The van der Waals surface area contributed by atoms with Crippen molar-refractivity contribution in [2.75, 3.05) is 14.1 Å². The SMILES string of the molecule is CN(C)C=Nc1sc(Br)c([Si](C)(C)C)c1C#N. The van der Waals surface area contributed by atoms with Crippen molar-refractivity contribution in [3.63, 3.8) is 0 Å². The highest BCUT2D eigenvalue weighted by Crippen LogP contribution is 2.34. The molecular formula is C11H16BrN3SSi. The Morgan fingerprint density at radius 1 is 1.41 bits per heavy atom. The fourth-order valence-corrected chi connectivity index (χ4v) is 7.27. The molecule has 1 aromatic rings. The van der Waals surface area contributed by atoms with Crippen LogP contribution in [0, 0.1) is 11.3 Å². The number of nitriles is 1. The van der Waals surface area contributed by atoms with Gasteiger partial charge in [-0.1, -0.05) is 19.6 Å². The van der Waals surface area contributed by atoms with Gasteiger partial charge in [0.05, 0.1) is 23.8 Å². The van der Waals surface area contributed by atoms with Gasteiger partial charge in [-0.05, 0) is 21.1 Å². The first kappa shape index (κ1) is 14.4. The smallest absolute Gasteiger partial charge is 0.136 e. The van der Waals surface area contributed by atoms with Crippen molar-refractivity contribution in [3.8, 4) is 6.07 Å². The molecule has 0 aliphatic rings. The fourth-order valence-electron chi connectivity index (χ4n) is 1.42. The van der Waals surface area contributed by atoms with Gasteiger partial charge in [0.15, 0.2) is 0 Å². The molecule has 0 unspecified atom stereocenters. The Bertz CT molecular complexity index is 480. The Morgan fingerprint density at radius 3 is 2.41 bits per heavy atom. The minimum atomic E-state index is -1.53. The summed E-state index contributed by atoms with van der Waals surface area (Å²) in [7, 11) is 2.30. The second kappa shape index (κ2) is 5.34. The van der Waals surface area contributed by atoms with E-state index in [1.807, 2.05) is 19.0 Å². The highest BCUT2D eigenvalue weighted by molar-refractivity contribution is 9.11. The third-order valence-corrected chi connectivity index (χ3v) is 6.43. The van der Waals surface area contributed by atoms with E-state index in [4.69, 9.17) is 0 Å². The minimum absolute atomic E-state index is 0.735. The predicted octanol–water partition coefficient (Wildman–Crippen LogP) is 3.15. The zero-order valence-corrected chi connectivity index (χ0v) is 14.1. The van der Waals surface area contributed by atoms with Gasteiger partial charge >= 0.3 is 0 Å². The lowest BCUT2D eigenvalue weighted by molar-refractivity contribution is 0.643. The predicted molar refractivity (Wildman–Crippen MR) is 81.6 cm³/mol. The van der Waals surface area contributed by atoms with Gasteiger partial charge < -0.3 is 4.90 Å². The highest BCUT2D eigenvalue weighted by Gasteiger charge is 2.27. The van der Waals surface area contributed by atoms with Gasteiger partial charge in [0, 0.05) is 14.1 Å². The molecule has 0 aromatic carbocycles. The van der Waals surface area contributed by atoms with Crippen LogP contribution in [0.2, 0.25) is 19.6 Å². The quantitative estimate of drug-likeness (QED) is 0.485. The van der Waals surface area contributed by atoms with Gasteiger partial charge in [0.1, 0.15) is 11.1 Å². The van der Waals surface area contributed by atoms with E-state index in [2.05, 4.69) is 46.6 Å². The van der Waals surface area contributed by atoms with Crippen molar-refractivity contribution in [1.82, 2.24) is 4.90 Å². The molecule has 1 aromatic heterocycles. The van der Waals surface area contributed by atoms with E-state index in [1.54, 1.807) is 6.34 Å². The average Bonchev–Trinajstić information content (AvgIpc) is 2.50. The van der Waals surface area contributed by atoms with Crippen LogP contribution in [0.15, 0.2) is 8.78 Å². The average molecular weight is 330 g/mol. The monoisotopic (exact) mass is 329 g/mol. The third kappa shape index (κ3) is 3.41. The summed E-state index contributed by atoms with van der Waals surface area (Å²) >= 11 is 5.10. The van der Waals surface area contributed by atoms with Crippen molar-refractivity contribution in [2.45, 2.75) is 19.6 Å². The van der Waals surface area contributed by atoms with Crippen molar-refractivity contribution >= 4 is 51.9 Å². The summed E-state index contributed by atoms with van der Waals surface area (Å²) in [4.78, 5) is 6.22. The van der Waals surface area contributed by atoms with Crippen LogP contribution in [0.3, 0.4) is 0 Å². The maximum atomic E-state index is 9.31. The molecule has 0 aliphatic carbocycles. The number of rotatable bonds is 3. The van der Waals surface area contributed by atoms with E-state index in [-0.39, 0.29) is 0 Å². The Balaban J connectivity index is 3.33. The number of aliphatic imine (C=N–C) groups is 1. The number of hydrogen-bond donors (Lipinski definition) is 0. The summed E-state index contributed by atoms with van der Waals surface area (Å²) in [5.74, 6) is 0. The van der Waals surface area contributed by atoms with Crippen LogP contribution >= 0.6 is 27.3 Å². The summed E-state index contributed by atoms with van der Waals surface area (Å²) < 4.78 is 1.05. The first-order valence-electron chi connectivity index (χ1n) is 5.21. The highest BCUT2D eigenvalue weighted by atomic mass is 79.9. The zero-order chi connectivity index (χ0) is 13.2. The molecule has 0 bridgehead atoms. The van der Waals surface area contributed by atoms with Gasteiger partial charge in [-0.15, -0.1) is 11.3 Å². The molecule has 0 N–H and O–H groups in total. The second-order valence-electron chi connectivity index (χ2n) is 5.00. The number of hydrogen-bond acceptors (Lipinski definition) is 3. The maximum Gasteiger partial charge on any atom is 0.136 e. The minimum Gasteiger partial charge on any atom is -0.369 e. The molecule has 17 heavy (non-hydrogen) atoms. The molecule has 92 valence electrons. The van der Waals surface area contributed by atoms with Crippen molar-refractivity contribution in [2.24, 2.45) is 4.99 Å². The molecule has 0 amide bonds. The Kier molecular flexibility index (Phi) is 4.53. The molecule has 6 heteroatoms. The van der Waals surface area contributed by atoms with Crippen LogP contribution in [-0.2, 0) is 0 Å². The summed E-state index contributed by atoms with van der Waals surface area (Å²) in [5, 5.41) is 11.3. The number of halogens is 1. The third-order valence-electron chi connectivity index (χ3n) is 2.11.